The summed E-state index contributed by atoms with van der Waals surface area (Å²) in [7, 11) is -1.74. The monoisotopic (exact) mass is 470 g/mol. The maximum absolute atomic E-state index is 12.9. The molecule has 8 nitrogen and oxygen atoms in total. The summed E-state index contributed by atoms with van der Waals surface area (Å²) in [6.45, 7) is 2.27. The zero-order valence-electron chi connectivity index (χ0n) is 17.5. The number of aromatic nitrogens is 1. The van der Waals surface area contributed by atoms with E-state index in [4.69, 9.17) is 0 Å². The van der Waals surface area contributed by atoms with Gasteiger partial charge in [0.05, 0.1) is 16.3 Å². The number of alkyl halides is 3. The van der Waals surface area contributed by atoms with Crippen LogP contribution in [0.2, 0.25) is 0 Å². The van der Waals surface area contributed by atoms with Crippen molar-refractivity contribution in [1.29, 1.82) is 0 Å². The van der Waals surface area contributed by atoms with Crippen LogP contribution in [-0.2, 0) is 27.7 Å². The van der Waals surface area contributed by atoms with Gasteiger partial charge in [0.15, 0.2) is 0 Å². The van der Waals surface area contributed by atoms with Crippen LogP contribution in [0.25, 0.3) is 0 Å². The van der Waals surface area contributed by atoms with Crippen LogP contribution in [0.4, 0.5) is 23.7 Å². The van der Waals surface area contributed by atoms with E-state index in [0.717, 1.165) is 40.4 Å². The molecule has 0 bridgehead atoms. The third-order valence-corrected chi connectivity index (χ3v) is 6.41. The fourth-order valence-electron chi connectivity index (χ4n) is 3.29. The van der Waals surface area contributed by atoms with Gasteiger partial charge in [0, 0.05) is 19.3 Å². The number of sulfone groups is 1. The van der Waals surface area contributed by atoms with Crippen molar-refractivity contribution < 1.29 is 31.2 Å². The summed E-state index contributed by atoms with van der Waals surface area (Å²) in [4.78, 5) is 33.0. The van der Waals surface area contributed by atoms with Crippen LogP contribution < -0.4 is 4.90 Å². The predicted octanol–water partition coefficient (Wildman–Crippen LogP) is 2.79. The van der Waals surface area contributed by atoms with Crippen molar-refractivity contribution in [3.8, 4) is 0 Å². The standard InChI is InChI=1S/C20H21F3N4O4S/c1-13-18(28)27(16-4-6-17(7-5-16)32(30,31)20(21,22)23)19(29)26(13)11-14-8-9-24-15(10-14)12-25(2)3/h4-10,13H,11-12H2,1-3H3. The van der Waals surface area contributed by atoms with Gasteiger partial charge in [-0.2, -0.15) is 13.2 Å². The van der Waals surface area contributed by atoms with E-state index in [1.165, 1.54) is 4.90 Å². The molecule has 1 aliphatic heterocycles. The van der Waals surface area contributed by atoms with Crippen LogP contribution in [0.3, 0.4) is 0 Å². The number of hydrogen-bond donors (Lipinski definition) is 0. The maximum Gasteiger partial charge on any atom is 0.501 e. The second kappa shape index (κ2) is 8.51. The van der Waals surface area contributed by atoms with Crippen LogP contribution in [0.15, 0.2) is 47.5 Å². The number of urea groups is 1. The first-order valence-corrected chi connectivity index (χ1v) is 11.0. The number of anilines is 1. The molecule has 0 aliphatic carbocycles. The van der Waals surface area contributed by atoms with Crippen LogP contribution in [-0.4, -0.2) is 60.8 Å². The first kappa shape index (κ1) is 23.7. The molecule has 172 valence electrons. The maximum atomic E-state index is 12.9. The zero-order chi connectivity index (χ0) is 23.8. The molecule has 3 rings (SSSR count). The second-order valence-corrected chi connectivity index (χ2v) is 9.54. The summed E-state index contributed by atoms with van der Waals surface area (Å²) in [5.74, 6) is -0.566. The van der Waals surface area contributed by atoms with Crippen molar-refractivity contribution in [3.05, 3.63) is 53.9 Å². The molecule has 0 radical (unpaired) electrons. The van der Waals surface area contributed by atoms with E-state index >= 15 is 0 Å². The fourth-order valence-corrected chi connectivity index (χ4v) is 4.05. The number of benzene rings is 1. The third-order valence-electron chi connectivity index (χ3n) is 4.90. The predicted molar refractivity (Wildman–Crippen MR) is 109 cm³/mol. The molecule has 1 unspecified atom stereocenters. The lowest BCUT2D eigenvalue weighted by Gasteiger charge is -2.20. The van der Waals surface area contributed by atoms with E-state index in [-0.39, 0.29) is 12.2 Å². The summed E-state index contributed by atoms with van der Waals surface area (Å²) >= 11 is 0. The number of amides is 3. The molecule has 2 aromatic rings. The van der Waals surface area contributed by atoms with Gasteiger partial charge in [-0.15, -0.1) is 0 Å². The minimum atomic E-state index is -5.53. The molecule has 1 fully saturated rings. The van der Waals surface area contributed by atoms with E-state index in [1.54, 1.807) is 19.2 Å². The molecule has 1 atom stereocenters. The Morgan fingerprint density at radius 1 is 1.09 bits per heavy atom. The van der Waals surface area contributed by atoms with Gasteiger partial charge in [0.1, 0.15) is 6.04 Å². The quantitative estimate of drug-likeness (QED) is 0.603. The zero-order valence-corrected chi connectivity index (χ0v) is 18.3. The molecule has 1 aromatic carbocycles. The van der Waals surface area contributed by atoms with Crippen LogP contribution in [0.5, 0.6) is 0 Å². The summed E-state index contributed by atoms with van der Waals surface area (Å²) in [6, 6.07) is 5.54. The molecular formula is C20H21F3N4O4S. The Hall–Kier alpha value is -2.99. The van der Waals surface area contributed by atoms with Gasteiger partial charge < -0.3 is 9.80 Å². The van der Waals surface area contributed by atoms with Crippen molar-refractivity contribution >= 4 is 27.5 Å². The molecular weight excluding hydrogens is 449 g/mol. The normalized spacial score (nSPS) is 17.5. The first-order valence-electron chi connectivity index (χ1n) is 9.47. The highest BCUT2D eigenvalue weighted by Crippen LogP contribution is 2.32. The summed E-state index contributed by atoms with van der Waals surface area (Å²) in [5, 5.41) is 0. The Morgan fingerprint density at radius 3 is 2.28 bits per heavy atom. The summed E-state index contributed by atoms with van der Waals surface area (Å²) in [6.07, 6.45) is 1.61. The average Bonchev–Trinajstić information content (AvgIpc) is 2.90. The second-order valence-electron chi connectivity index (χ2n) is 7.60. The molecule has 1 saturated heterocycles. The Bertz CT molecular complexity index is 1130. The highest BCUT2D eigenvalue weighted by molar-refractivity contribution is 7.92. The smallest absolute Gasteiger partial charge is 0.308 e. The van der Waals surface area contributed by atoms with Crippen LogP contribution >= 0.6 is 0 Å². The SMILES string of the molecule is CC1C(=O)N(c2ccc(S(=O)(=O)C(F)(F)F)cc2)C(=O)N1Cc1ccnc(CN(C)C)c1. The van der Waals surface area contributed by atoms with Crippen molar-refractivity contribution in [2.45, 2.75) is 36.5 Å². The van der Waals surface area contributed by atoms with E-state index in [2.05, 4.69) is 4.98 Å². The number of hydrogen-bond acceptors (Lipinski definition) is 6. The minimum Gasteiger partial charge on any atom is -0.308 e. The molecule has 0 spiro atoms. The minimum absolute atomic E-state index is 0.0153. The number of pyridine rings is 1. The van der Waals surface area contributed by atoms with Crippen molar-refractivity contribution in [3.63, 3.8) is 0 Å². The van der Waals surface area contributed by atoms with Gasteiger partial charge in [-0.25, -0.2) is 18.1 Å². The molecule has 12 heteroatoms. The molecule has 2 heterocycles. The molecule has 3 amide bonds. The number of carbonyl (C=O) groups excluding carboxylic acids is 2. The van der Waals surface area contributed by atoms with Crippen molar-refractivity contribution in [1.82, 2.24) is 14.8 Å². The topological polar surface area (TPSA) is 90.9 Å². The Balaban J connectivity index is 1.84. The van der Waals surface area contributed by atoms with Gasteiger partial charge in [0.25, 0.3) is 15.7 Å². The van der Waals surface area contributed by atoms with Gasteiger partial charge >= 0.3 is 11.5 Å². The Morgan fingerprint density at radius 2 is 1.72 bits per heavy atom. The molecule has 1 aliphatic rings. The van der Waals surface area contributed by atoms with Gasteiger partial charge in [-0.3, -0.25) is 9.78 Å². The first-order chi connectivity index (χ1) is 14.8. The average molecular weight is 470 g/mol. The third kappa shape index (κ3) is 4.46. The Labute approximate surface area is 183 Å². The number of imide groups is 1. The van der Waals surface area contributed by atoms with E-state index in [1.807, 2.05) is 25.1 Å². The van der Waals surface area contributed by atoms with Crippen LogP contribution in [0.1, 0.15) is 18.2 Å². The summed E-state index contributed by atoms with van der Waals surface area (Å²) in [5.41, 5.74) is -3.91. The lowest BCUT2D eigenvalue weighted by atomic mass is 10.2. The van der Waals surface area contributed by atoms with E-state index < -0.39 is 38.2 Å². The van der Waals surface area contributed by atoms with E-state index in [0.29, 0.717) is 6.54 Å². The number of rotatable bonds is 6. The summed E-state index contributed by atoms with van der Waals surface area (Å²) < 4.78 is 61.3. The van der Waals surface area contributed by atoms with E-state index in [9.17, 15) is 31.2 Å². The lowest BCUT2D eigenvalue weighted by molar-refractivity contribution is -0.119. The lowest BCUT2D eigenvalue weighted by Crippen LogP contribution is -2.33. The van der Waals surface area contributed by atoms with Crippen LogP contribution in [0, 0.1) is 0 Å². The number of carbonyl (C=O) groups is 2. The van der Waals surface area contributed by atoms with Gasteiger partial charge in [-0.1, -0.05) is 0 Å². The molecule has 0 saturated carbocycles. The Kier molecular flexibility index (Phi) is 6.29. The molecule has 32 heavy (non-hydrogen) atoms. The highest BCUT2D eigenvalue weighted by Gasteiger charge is 2.47. The van der Waals surface area contributed by atoms with Gasteiger partial charge in [-0.05, 0) is 63.0 Å². The fraction of sp³-hybridized carbons (Fsp3) is 0.350. The highest BCUT2D eigenvalue weighted by atomic mass is 32.2. The van der Waals surface area contributed by atoms with Crippen molar-refractivity contribution in [2.75, 3.05) is 19.0 Å². The van der Waals surface area contributed by atoms with Gasteiger partial charge in [0.2, 0.25) is 0 Å². The number of halogens is 3. The van der Waals surface area contributed by atoms with Crippen molar-refractivity contribution in [2.24, 2.45) is 0 Å². The molecule has 1 aromatic heterocycles. The largest absolute Gasteiger partial charge is 0.501 e. The molecule has 0 N–H and O–H groups in total. The number of nitrogens with zero attached hydrogens (tertiary/aromatic N) is 4.